The minimum atomic E-state index is 0. The third-order valence-corrected chi connectivity index (χ3v) is 3.07. The zero-order chi connectivity index (χ0) is 13.0. The first-order chi connectivity index (χ1) is 8.72. The number of benzene rings is 1. The van der Waals surface area contributed by atoms with Crippen molar-refractivity contribution in [3.8, 4) is 5.75 Å². The van der Waals surface area contributed by atoms with Gasteiger partial charge >= 0.3 is 0 Å². The van der Waals surface area contributed by atoms with Crippen LogP contribution in [-0.4, -0.2) is 26.2 Å². The van der Waals surface area contributed by atoms with E-state index >= 15 is 0 Å². The lowest BCUT2D eigenvalue weighted by atomic mass is 10.1. The topological polar surface area (TPSA) is 45.7 Å². The van der Waals surface area contributed by atoms with E-state index < -0.39 is 0 Å². The molecule has 106 valence electrons. The average molecular weight is 328 g/mol. The molecular formula is C14H22BrN3O. The molecule has 0 aromatic heterocycles. The normalized spacial score (nSPS) is 14.6. The molecule has 2 rings (SSSR count). The Morgan fingerprint density at radius 1 is 1.42 bits per heavy atom. The molecule has 4 nitrogen and oxygen atoms in total. The Morgan fingerprint density at radius 2 is 2.16 bits per heavy atom. The van der Waals surface area contributed by atoms with Crippen LogP contribution >= 0.6 is 17.0 Å². The van der Waals surface area contributed by atoms with Gasteiger partial charge in [-0.05, 0) is 37.0 Å². The molecule has 19 heavy (non-hydrogen) atoms. The summed E-state index contributed by atoms with van der Waals surface area (Å²) >= 11 is 0. The molecule has 1 aliphatic rings. The number of ether oxygens (including phenoxy) is 1. The largest absolute Gasteiger partial charge is 0.496 e. The summed E-state index contributed by atoms with van der Waals surface area (Å²) < 4.78 is 5.32. The fraction of sp³-hybridized carbons (Fsp3) is 0.500. The first-order valence-electron chi connectivity index (χ1n) is 6.33. The van der Waals surface area contributed by atoms with E-state index in [1.165, 1.54) is 18.4 Å². The molecule has 1 aliphatic carbocycles. The van der Waals surface area contributed by atoms with Crippen LogP contribution in [0.1, 0.15) is 24.0 Å². The van der Waals surface area contributed by atoms with E-state index in [2.05, 4.69) is 33.8 Å². The SMILES string of the molecule is Br.CN=C(NCc1ccc(C)c(OC)c1)NC1CC1. The summed E-state index contributed by atoms with van der Waals surface area (Å²) in [6.07, 6.45) is 2.50. The van der Waals surface area contributed by atoms with Crippen molar-refractivity contribution in [2.75, 3.05) is 14.2 Å². The van der Waals surface area contributed by atoms with Crippen molar-refractivity contribution in [2.45, 2.75) is 32.4 Å². The van der Waals surface area contributed by atoms with Crippen molar-refractivity contribution in [2.24, 2.45) is 4.99 Å². The van der Waals surface area contributed by atoms with Gasteiger partial charge in [0.05, 0.1) is 7.11 Å². The van der Waals surface area contributed by atoms with Gasteiger partial charge in [0, 0.05) is 19.6 Å². The second kappa shape index (κ2) is 7.38. The van der Waals surface area contributed by atoms with Crippen molar-refractivity contribution >= 4 is 22.9 Å². The Hall–Kier alpha value is -1.23. The smallest absolute Gasteiger partial charge is 0.191 e. The van der Waals surface area contributed by atoms with Crippen LogP contribution < -0.4 is 15.4 Å². The second-order valence-corrected chi connectivity index (χ2v) is 4.65. The van der Waals surface area contributed by atoms with Gasteiger partial charge in [0.25, 0.3) is 0 Å². The second-order valence-electron chi connectivity index (χ2n) is 4.65. The molecule has 0 unspecified atom stereocenters. The van der Waals surface area contributed by atoms with E-state index in [9.17, 15) is 0 Å². The molecule has 0 bridgehead atoms. The minimum Gasteiger partial charge on any atom is -0.496 e. The third kappa shape index (κ3) is 4.74. The predicted octanol–water partition coefficient (Wildman–Crippen LogP) is 2.41. The molecule has 0 saturated heterocycles. The van der Waals surface area contributed by atoms with Crippen molar-refractivity contribution in [3.05, 3.63) is 29.3 Å². The van der Waals surface area contributed by atoms with Crippen molar-refractivity contribution in [1.82, 2.24) is 10.6 Å². The van der Waals surface area contributed by atoms with Gasteiger partial charge in [0.15, 0.2) is 5.96 Å². The Labute approximate surface area is 125 Å². The van der Waals surface area contributed by atoms with Crippen molar-refractivity contribution < 1.29 is 4.74 Å². The number of hydrogen-bond donors (Lipinski definition) is 2. The summed E-state index contributed by atoms with van der Waals surface area (Å²) in [6.45, 7) is 2.80. The summed E-state index contributed by atoms with van der Waals surface area (Å²) in [5.41, 5.74) is 2.35. The quantitative estimate of drug-likeness (QED) is 0.659. The number of methoxy groups -OCH3 is 1. The van der Waals surface area contributed by atoms with Gasteiger partial charge in [0.1, 0.15) is 5.75 Å². The Balaban J connectivity index is 0.00000180. The standard InChI is InChI=1S/C14H21N3O.BrH/c1-10-4-5-11(8-13(10)18-3)9-16-14(15-2)17-12-6-7-12;/h4-5,8,12H,6-7,9H2,1-3H3,(H2,15,16,17);1H. The number of nitrogens with zero attached hydrogens (tertiary/aromatic N) is 1. The summed E-state index contributed by atoms with van der Waals surface area (Å²) in [7, 11) is 3.50. The van der Waals surface area contributed by atoms with Gasteiger partial charge in [-0.3, -0.25) is 4.99 Å². The molecule has 2 N–H and O–H groups in total. The number of aryl methyl sites for hydroxylation is 1. The van der Waals surface area contributed by atoms with Gasteiger partial charge in [-0.25, -0.2) is 0 Å². The molecule has 0 aliphatic heterocycles. The predicted molar refractivity (Wildman–Crippen MR) is 84.4 cm³/mol. The third-order valence-electron chi connectivity index (χ3n) is 3.07. The van der Waals surface area contributed by atoms with Gasteiger partial charge in [-0.1, -0.05) is 12.1 Å². The molecule has 0 heterocycles. The molecule has 1 fully saturated rings. The number of rotatable bonds is 4. The molecule has 0 spiro atoms. The molecular weight excluding hydrogens is 306 g/mol. The molecule has 1 aromatic rings. The van der Waals surface area contributed by atoms with E-state index in [1.807, 2.05) is 6.92 Å². The van der Waals surface area contributed by atoms with E-state index in [-0.39, 0.29) is 17.0 Å². The van der Waals surface area contributed by atoms with Gasteiger partial charge in [-0.15, -0.1) is 17.0 Å². The highest BCUT2D eigenvalue weighted by atomic mass is 79.9. The maximum Gasteiger partial charge on any atom is 0.191 e. The van der Waals surface area contributed by atoms with Gasteiger partial charge < -0.3 is 15.4 Å². The van der Waals surface area contributed by atoms with Crippen LogP contribution in [-0.2, 0) is 6.54 Å². The Bertz CT molecular complexity index is 444. The van der Waals surface area contributed by atoms with Crippen LogP contribution in [0.25, 0.3) is 0 Å². The summed E-state index contributed by atoms with van der Waals surface area (Å²) in [5.74, 6) is 1.80. The zero-order valence-corrected chi connectivity index (χ0v) is 13.4. The molecule has 1 aromatic carbocycles. The molecule has 0 amide bonds. The molecule has 0 atom stereocenters. The highest BCUT2D eigenvalue weighted by molar-refractivity contribution is 8.93. The number of nitrogens with one attached hydrogen (secondary N) is 2. The van der Waals surface area contributed by atoms with Crippen LogP contribution in [0.4, 0.5) is 0 Å². The number of halogens is 1. The maximum absolute atomic E-state index is 5.32. The van der Waals surface area contributed by atoms with Crippen LogP contribution in [0.3, 0.4) is 0 Å². The molecule has 0 radical (unpaired) electrons. The summed E-state index contributed by atoms with van der Waals surface area (Å²) in [6, 6.07) is 6.86. The van der Waals surface area contributed by atoms with E-state index in [0.717, 1.165) is 23.8 Å². The monoisotopic (exact) mass is 327 g/mol. The highest BCUT2D eigenvalue weighted by Gasteiger charge is 2.21. The summed E-state index contributed by atoms with van der Waals surface area (Å²) in [5, 5.41) is 6.67. The fourth-order valence-corrected chi connectivity index (χ4v) is 1.78. The van der Waals surface area contributed by atoms with Gasteiger partial charge in [-0.2, -0.15) is 0 Å². The van der Waals surface area contributed by atoms with Crippen LogP contribution in [0, 0.1) is 6.92 Å². The lowest BCUT2D eigenvalue weighted by Gasteiger charge is -2.12. The highest BCUT2D eigenvalue weighted by Crippen LogP contribution is 2.19. The number of hydrogen-bond acceptors (Lipinski definition) is 2. The fourth-order valence-electron chi connectivity index (χ4n) is 1.78. The summed E-state index contributed by atoms with van der Waals surface area (Å²) in [4.78, 5) is 4.21. The molecule has 1 saturated carbocycles. The van der Waals surface area contributed by atoms with E-state index in [0.29, 0.717) is 6.04 Å². The Morgan fingerprint density at radius 3 is 2.74 bits per heavy atom. The lowest BCUT2D eigenvalue weighted by Crippen LogP contribution is -2.38. The first-order valence-corrected chi connectivity index (χ1v) is 6.33. The van der Waals surface area contributed by atoms with E-state index in [4.69, 9.17) is 4.74 Å². The van der Waals surface area contributed by atoms with E-state index in [1.54, 1.807) is 14.2 Å². The average Bonchev–Trinajstić information content (AvgIpc) is 3.20. The van der Waals surface area contributed by atoms with Crippen LogP contribution in [0.5, 0.6) is 5.75 Å². The van der Waals surface area contributed by atoms with Crippen molar-refractivity contribution in [1.29, 1.82) is 0 Å². The lowest BCUT2D eigenvalue weighted by molar-refractivity contribution is 0.411. The molecule has 5 heteroatoms. The first kappa shape index (κ1) is 15.8. The number of aliphatic imine (C=N–C) groups is 1. The van der Waals surface area contributed by atoms with Crippen LogP contribution in [0.15, 0.2) is 23.2 Å². The van der Waals surface area contributed by atoms with Gasteiger partial charge in [0.2, 0.25) is 0 Å². The number of guanidine groups is 1. The minimum absolute atomic E-state index is 0. The van der Waals surface area contributed by atoms with Crippen molar-refractivity contribution in [3.63, 3.8) is 0 Å². The Kier molecular flexibility index (Phi) is 6.15. The van der Waals surface area contributed by atoms with Crippen LogP contribution in [0.2, 0.25) is 0 Å². The zero-order valence-electron chi connectivity index (χ0n) is 11.7. The maximum atomic E-state index is 5.32.